The van der Waals surface area contributed by atoms with Crippen molar-refractivity contribution in [3.8, 4) is 0 Å². The van der Waals surface area contributed by atoms with E-state index in [2.05, 4.69) is 4.98 Å². The van der Waals surface area contributed by atoms with Crippen LogP contribution in [0.4, 0.5) is 5.82 Å². The summed E-state index contributed by atoms with van der Waals surface area (Å²) in [5, 5.41) is -0.0294. The first kappa shape index (κ1) is 16.8. The molecule has 0 unspecified atom stereocenters. The fourth-order valence-electron chi connectivity index (χ4n) is 2.52. The maximum absolute atomic E-state index is 12.8. The quantitative estimate of drug-likeness (QED) is 0.733. The molecule has 0 saturated heterocycles. The fraction of sp³-hybridized carbons (Fsp3) is 0.0500. The Morgan fingerprint density at radius 1 is 0.920 bits per heavy atom. The monoisotopic (exact) mass is 347 g/mol. The minimum atomic E-state index is -0.294. The minimum absolute atomic E-state index is 0.0294. The Morgan fingerprint density at radius 2 is 1.56 bits per heavy atom. The molecule has 0 spiro atoms. The van der Waals surface area contributed by atoms with Crippen molar-refractivity contribution in [3.63, 3.8) is 0 Å². The van der Waals surface area contributed by atoms with Crippen LogP contribution in [0.5, 0.6) is 0 Å². The summed E-state index contributed by atoms with van der Waals surface area (Å²) >= 11 is 5.09. The van der Waals surface area contributed by atoms with Crippen molar-refractivity contribution in [2.45, 2.75) is 6.42 Å². The Bertz CT molecular complexity index is 882. The topological polar surface area (TPSA) is 59.2 Å². The van der Waals surface area contributed by atoms with Crippen molar-refractivity contribution in [1.29, 1.82) is 0 Å². The minimum Gasteiger partial charge on any atom is -0.375 e. The Hall–Kier alpha value is -3.05. The summed E-state index contributed by atoms with van der Waals surface area (Å²) in [6, 6.07) is 24.4. The van der Waals surface area contributed by atoms with Crippen molar-refractivity contribution in [2.75, 3.05) is 4.90 Å². The lowest BCUT2D eigenvalue weighted by molar-refractivity contribution is 0.100. The summed E-state index contributed by atoms with van der Waals surface area (Å²) in [7, 11) is 0. The lowest BCUT2D eigenvalue weighted by Crippen LogP contribution is -2.41. The molecule has 0 bridgehead atoms. The van der Waals surface area contributed by atoms with Gasteiger partial charge in [-0.2, -0.15) is 0 Å². The summed E-state index contributed by atoms with van der Waals surface area (Å²) in [5.41, 5.74) is 8.29. The third-order valence-electron chi connectivity index (χ3n) is 3.69. The number of rotatable bonds is 4. The van der Waals surface area contributed by atoms with Crippen molar-refractivity contribution in [3.05, 3.63) is 95.7 Å². The smallest absolute Gasteiger partial charge is 0.265 e. The van der Waals surface area contributed by atoms with Gasteiger partial charge in [0.2, 0.25) is 0 Å². The Balaban J connectivity index is 1.91. The SMILES string of the molecule is NC(=S)N(C(=O)c1ccccc1)c1cccc(Cc2ccccc2)n1. The van der Waals surface area contributed by atoms with Crippen molar-refractivity contribution in [1.82, 2.24) is 4.98 Å². The van der Waals surface area contributed by atoms with E-state index in [1.165, 1.54) is 4.90 Å². The van der Waals surface area contributed by atoms with E-state index in [0.717, 1.165) is 11.3 Å². The maximum atomic E-state index is 12.8. The molecule has 0 radical (unpaired) electrons. The van der Waals surface area contributed by atoms with Gasteiger partial charge in [-0.05, 0) is 42.0 Å². The molecule has 0 fully saturated rings. The number of anilines is 1. The fourth-order valence-corrected chi connectivity index (χ4v) is 2.70. The second-order valence-corrected chi connectivity index (χ2v) is 5.91. The van der Waals surface area contributed by atoms with Crippen LogP contribution in [-0.4, -0.2) is 16.0 Å². The summed E-state index contributed by atoms with van der Waals surface area (Å²) < 4.78 is 0. The van der Waals surface area contributed by atoms with Gasteiger partial charge in [-0.3, -0.25) is 4.79 Å². The highest BCUT2D eigenvalue weighted by Crippen LogP contribution is 2.17. The van der Waals surface area contributed by atoms with E-state index in [4.69, 9.17) is 18.0 Å². The molecule has 1 heterocycles. The molecule has 0 saturated carbocycles. The van der Waals surface area contributed by atoms with Crippen LogP contribution in [0.25, 0.3) is 0 Å². The molecule has 1 aromatic heterocycles. The number of pyridine rings is 1. The van der Waals surface area contributed by atoms with Gasteiger partial charge in [-0.25, -0.2) is 9.88 Å². The van der Waals surface area contributed by atoms with Crippen LogP contribution < -0.4 is 10.6 Å². The predicted molar refractivity (Wildman–Crippen MR) is 104 cm³/mol. The molecule has 5 heteroatoms. The average Bonchev–Trinajstić information content (AvgIpc) is 2.63. The average molecular weight is 347 g/mol. The standard InChI is InChI=1S/C20H17N3OS/c21-20(25)23(19(24)16-10-5-2-6-11-16)18-13-7-12-17(22-18)14-15-8-3-1-4-9-15/h1-13H,14H2,(H2,21,25). The van der Waals surface area contributed by atoms with Gasteiger partial charge in [0.1, 0.15) is 5.82 Å². The number of hydrogen-bond acceptors (Lipinski definition) is 3. The van der Waals surface area contributed by atoms with E-state index < -0.39 is 0 Å². The largest absolute Gasteiger partial charge is 0.375 e. The van der Waals surface area contributed by atoms with Crippen LogP contribution in [0, 0.1) is 0 Å². The number of benzene rings is 2. The van der Waals surface area contributed by atoms with E-state index in [-0.39, 0.29) is 11.0 Å². The number of thiocarbonyl (C=S) groups is 1. The molecule has 2 aromatic carbocycles. The first-order valence-electron chi connectivity index (χ1n) is 7.84. The normalized spacial score (nSPS) is 10.2. The highest BCUT2D eigenvalue weighted by atomic mass is 32.1. The molecule has 4 nitrogen and oxygen atoms in total. The molecule has 124 valence electrons. The van der Waals surface area contributed by atoms with Crippen LogP contribution in [-0.2, 0) is 6.42 Å². The van der Waals surface area contributed by atoms with Crippen molar-refractivity contribution < 1.29 is 4.79 Å². The molecule has 0 aliphatic rings. The van der Waals surface area contributed by atoms with Gasteiger partial charge in [-0.1, -0.05) is 54.6 Å². The van der Waals surface area contributed by atoms with Gasteiger partial charge in [0.25, 0.3) is 5.91 Å². The van der Waals surface area contributed by atoms with Gasteiger partial charge in [-0.15, -0.1) is 0 Å². The van der Waals surface area contributed by atoms with Crippen LogP contribution in [0.1, 0.15) is 21.6 Å². The summed E-state index contributed by atoms with van der Waals surface area (Å²) in [6.45, 7) is 0. The van der Waals surface area contributed by atoms with E-state index >= 15 is 0 Å². The van der Waals surface area contributed by atoms with Gasteiger partial charge >= 0.3 is 0 Å². The zero-order valence-electron chi connectivity index (χ0n) is 13.5. The highest BCUT2D eigenvalue weighted by molar-refractivity contribution is 7.80. The van der Waals surface area contributed by atoms with Crippen LogP contribution in [0.15, 0.2) is 78.9 Å². The van der Waals surface area contributed by atoms with Crippen LogP contribution in [0.2, 0.25) is 0 Å². The molecule has 1 amide bonds. The van der Waals surface area contributed by atoms with Gasteiger partial charge in [0, 0.05) is 17.7 Å². The van der Waals surface area contributed by atoms with Crippen molar-refractivity contribution >= 4 is 29.1 Å². The summed E-state index contributed by atoms with van der Waals surface area (Å²) in [6.07, 6.45) is 0.666. The van der Waals surface area contributed by atoms with Crippen LogP contribution >= 0.6 is 12.2 Å². The second kappa shape index (κ2) is 7.68. The number of aromatic nitrogens is 1. The Kier molecular flexibility index (Phi) is 5.16. The predicted octanol–water partition coefficient (Wildman–Crippen LogP) is 3.56. The van der Waals surface area contributed by atoms with Gasteiger partial charge in [0.05, 0.1) is 0 Å². The number of hydrogen-bond donors (Lipinski definition) is 1. The zero-order chi connectivity index (χ0) is 17.6. The molecule has 0 atom stereocenters. The third-order valence-corrected chi connectivity index (χ3v) is 3.88. The highest BCUT2D eigenvalue weighted by Gasteiger charge is 2.21. The summed E-state index contributed by atoms with van der Waals surface area (Å²) in [4.78, 5) is 18.6. The summed E-state index contributed by atoms with van der Waals surface area (Å²) in [5.74, 6) is 0.132. The number of carbonyl (C=O) groups is 1. The molecule has 3 rings (SSSR count). The molecule has 0 aliphatic heterocycles. The van der Waals surface area contributed by atoms with E-state index in [9.17, 15) is 4.79 Å². The molecule has 0 aliphatic carbocycles. The molecule has 25 heavy (non-hydrogen) atoms. The molecular formula is C20H17N3OS. The van der Waals surface area contributed by atoms with E-state index in [1.807, 2.05) is 48.5 Å². The second-order valence-electron chi connectivity index (χ2n) is 5.49. The Labute approximate surface area is 151 Å². The maximum Gasteiger partial charge on any atom is 0.265 e. The van der Waals surface area contributed by atoms with Crippen LogP contribution in [0.3, 0.4) is 0 Å². The zero-order valence-corrected chi connectivity index (χ0v) is 14.3. The first-order chi connectivity index (χ1) is 12.1. The number of nitrogens with zero attached hydrogens (tertiary/aromatic N) is 2. The molecule has 3 aromatic rings. The third kappa shape index (κ3) is 4.08. The molecule has 2 N–H and O–H groups in total. The first-order valence-corrected chi connectivity index (χ1v) is 8.25. The van der Waals surface area contributed by atoms with E-state index in [0.29, 0.717) is 17.8 Å². The Morgan fingerprint density at radius 3 is 2.20 bits per heavy atom. The van der Waals surface area contributed by atoms with Gasteiger partial charge < -0.3 is 5.73 Å². The number of carbonyl (C=O) groups excluding carboxylic acids is 1. The van der Waals surface area contributed by atoms with Gasteiger partial charge in [0.15, 0.2) is 5.11 Å². The van der Waals surface area contributed by atoms with Crippen molar-refractivity contribution in [2.24, 2.45) is 5.73 Å². The lowest BCUT2D eigenvalue weighted by atomic mass is 10.1. The lowest BCUT2D eigenvalue weighted by Gasteiger charge is -2.20. The molecular weight excluding hydrogens is 330 g/mol. The van der Waals surface area contributed by atoms with E-state index in [1.54, 1.807) is 30.3 Å². The number of nitrogens with two attached hydrogens (primary N) is 1. The number of amides is 1.